The first-order valence-corrected chi connectivity index (χ1v) is 12.9. The molecule has 1 amide bonds. The summed E-state index contributed by atoms with van der Waals surface area (Å²) >= 11 is 13.4. The number of para-hydroxylation sites is 3. The van der Waals surface area contributed by atoms with Gasteiger partial charge >= 0.3 is 0 Å². The van der Waals surface area contributed by atoms with Crippen molar-refractivity contribution in [3.63, 3.8) is 0 Å². The average molecular weight is 555 g/mol. The van der Waals surface area contributed by atoms with E-state index < -0.39 is 5.25 Å². The Morgan fingerprint density at radius 1 is 1.11 bits per heavy atom. The summed E-state index contributed by atoms with van der Waals surface area (Å²) in [5, 5.41) is 17.2. The van der Waals surface area contributed by atoms with E-state index in [9.17, 15) is 4.79 Å². The van der Waals surface area contributed by atoms with Crippen LogP contribution in [0.4, 0.5) is 5.69 Å². The number of ether oxygens (including phenoxy) is 1. The highest BCUT2D eigenvalue weighted by Gasteiger charge is 2.21. The molecule has 1 unspecified atom stereocenters. The van der Waals surface area contributed by atoms with Crippen molar-refractivity contribution in [3.05, 3.63) is 94.2 Å². The van der Waals surface area contributed by atoms with Gasteiger partial charge in [0.2, 0.25) is 0 Å². The molecule has 0 bridgehead atoms. The van der Waals surface area contributed by atoms with Gasteiger partial charge in [-0.15, -0.1) is 10.2 Å². The Balaban J connectivity index is 1.48. The third-order valence-electron chi connectivity index (χ3n) is 5.25. The van der Waals surface area contributed by atoms with Gasteiger partial charge < -0.3 is 10.1 Å². The van der Waals surface area contributed by atoms with E-state index in [0.29, 0.717) is 33.1 Å². The topological polar surface area (TPSA) is 93.4 Å². The van der Waals surface area contributed by atoms with Crippen LogP contribution in [0.5, 0.6) is 5.75 Å². The van der Waals surface area contributed by atoms with E-state index in [1.54, 1.807) is 32.2 Å². The van der Waals surface area contributed by atoms with E-state index in [1.165, 1.54) is 18.0 Å². The minimum atomic E-state index is -0.500. The van der Waals surface area contributed by atoms with Gasteiger partial charge in [-0.05, 0) is 43.3 Å². The summed E-state index contributed by atoms with van der Waals surface area (Å²) in [6.07, 6.45) is 1.47. The number of rotatable bonds is 10. The van der Waals surface area contributed by atoms with Crippen molar-refractivity contribution in [2.24, 2.45) is 5.10 Å². The largest absolute Gasteiger partial charge is 0.495 e. The van der Waals surface area contributed by atoms with Gasteiger partial charge in [0, 0.05) is 16.3 Å². The molecule has 0 radical (unpaired) electrons. The number of benzene rings is 3. The van der Waals surface area contributed by atoms with E-state index in [-0.39, 0.29) is 5.91 Å². The number of carbonyl (C=O) groups is 1. The van der Waals surface area contributed by atoms with E-state index in [4.69, 9.17) is 27.9 Å². The Morgan fingerprint density at radius 2 is 1.86 bits per heavy atom. The number of aromatic nitrogens is 3. The van der Waals surface area contributed by atoms with Crippen LogP contribution in [0.25, 0.3) is 5.69 Å². The van der Waals surface area contributed by atoms with Crippen LogP contribution in [0.15, 0.2) is 83.1 Å². The molecule has 4 aromatic rings. The third kappa shape index (κ3) is 6.82. The number of nitrogens with one attached hydrogen (secondary N) is 2. The number of methoxy groups -OCH3 is 1. The van der Waals surface area contributed by atoms with Crippen LogP contribution >= 0.6 is 35.0 Å². The monoisotopic (exact) mass is 554 g/mol. The molecule has 8 nitrogen and oxygen atoms in total. The summed E-state index contributed by atoms with van der Waals surface area (Å²) in [6, 6.07) is 22.4. The highest BCUT2D eigenvalue weighted by atomic mass is 35.5. The lowest BCUT2D eigenvalue weighted by Gasteiger charge is -2.14. The maximum absolute atomic E-state index is 12.7. The van der Waals surface area contributed by atoms with Crippen LogP contribution in [-0.2, 0) is 11.3 Å². The van der Waals surface area contributed by atoms with Gasteiger partial charge in [-0.25, -0.2) is 5.43 Å². The Bertz CT molecular complexity index is 1400. The number of amides is 1. The van der Waals surface area contributed by atoms with Crippen molar-refractivity contribution < 1.29 is 9.53 Å². The molecular formula is C26H24Cl2N6O2S. The maximum atomic E-state index is 12.7. The molecule has 11 heteroatoms. The minimum Gasteiger partial charge on any atom is -0.495 e. The van der Waals surface area contributed by atoms with Crippen molar-refractivity contribution in [1.29, 1.82) is 0 Å². The fraction of sp³-hybridized carbons (Fsp3) is 0.154. The normalized spacial score (nSPS) is 11.9. The second-order valence-corrected chi connectivity index (χ2v) is 9.94. The Hall–Kier alpha value is -3.53. The van der Waals surface area contributed by atoms with Gasteiger partial charge in [-0.2, -0.15) is 5.10 Å². The van der Waals surface area contributed by atoms with Crippen LogP contribution < -0.4 is 15.5 Å². The second kappa shape index (κ2) is 12.6. The van der Waals surface area contributed by atoms with E-state index in [0.717, 1.165) is 17.1 Å². The van der Waals surface area contributed by atoms with Crippen LogP contribution in [-0.4, -0.2) is 39.2 Å². The van der Waals surface area contributed by atoms with Crippen molar-refractivity contribution in [2.75, 3.05) is 12.4 Å². The molecule has 0 spiro atoms. The van der Waals surface area contributed by atoms with Gasteiger partial charge in [0.15, 0.2) is 11.0 Å². The molecule has 0 aliphatic carbocycles. The fourth-order valence-electron chi connectivity index (χ4n) is 3.37. The van der Waals surface area contributed by atoms with Crippen molar-refractivity contribution in [2.45, 2.75) is 23.9 Å². The first-order chi connectivity index (χ1) is 18.0. The molecule has 37 heavy (non-hydrogen) atoms. The lowest BCUT2D eigenvalue weighted by Crippen LogP contribution is -2.27. The van der Waals surface area contributed by atoms with Gasteiger partial charge in [0.25, 0.3) is 5.91 Å². The summed E-state index contributed by atoms with van der Waals surface area (Å²) in [5.41, 5.74) is 4.92. The number of hydrogen-bond donors (Lipinski definition) is 2. The lowest BCUT2D eigenvalue weighted by molar-refractivity contribution is -0.120. The quantitative estimate of drug-likeness (QED) is 0.145. The molecule has 0 aliphatic rings. The lowest BCUT2D eigenvalue weighted by atomic mass is 10.2. The first kappa shape index (κ1) is 26.5. The van der Waals surface area contributed by atoms with Crippen molar-refractivity contribution in [1.82, 2.24) is 20.2 Å². The molecule has 190 valence electrons. The number of nitrogens with zero attached hydrogens (tertiary/aromatic N) is 4. The van der Waals surface area contributed by atoms with Crippen LogP contribution in [0.2, 0.25) is 10.0 Å². The molecule has 0 saturated carbocycles. The first-order valence-electron chi connectivity index (χ1n) is 11.3. The molecule has 0 saturated heterocycles. The molecule has 1 aromatic heterocycles. The number of anilines is 1. The number of thioether (sulfide) groups is 1. The van der Waals surface area contributed by atoms with Gasteiger partial charge in [0.05, 0.1) is 35.8 Å². The Kier molecular flexibility index (Phi) is 9.05. The molecule has 1 heterocycles. The summed E-state index contributed by atoms with van der Waals surface area (Å²) in [6.45, 7) is 2.18. The number of hydrazone groups is 1. The number of carbonyl (C=O) groups excluding carboxylic acids is 1. The van der Waals surface area contributed by atoms with E-state index >= 15 is 0 Å². The van der Waals surface area contributed by atoms with Crippen molar-refractivity contribution >= 4 is 52.8 Å². The molecule has 2 N–H and O–H groups in total. The minimum absolute atomic E-state index is 0.289. The SMILES string of the molecule is COc1ccccc1NCc1nnc(SC(C)C(=O)N/N=C/c2ccc(Cl)cc2Cl)n1-c1ccccc1. The second-order valence-electron chi connectivity index (χ2n) is 7.78. The summed E-state index contributed by atoms with van der Waals surface area (Å²) < 4.78 is 7.35. The van der Waals surface area contributed by atoms with Crippen LogP contribution in [0.1, 0.15) is 18.3 Å². The zero-order chi connectivity index (χ0) is 26.2. The third-order valence-corrected chi connectivity index (χ3v) is 6.86. The highest BCUT2D eigenvalue weighted by Crippen LogP contribution is 2.28. The number of hydrogen-bond acceptors (Lipinski definition) is 7. The fourth-order valence-corrected chi connectivity index (χ4v) is 4.70. The van der Waals surface area contributed by atoms with Crippen LogP contribution in [0.3, 0.4) is 0 Å². The highest BCUT2D eigenvalue weighted by molar-refractivity contribution is 8.00. The average Bonchev–Trinajstić information content (AvgIpc) is 3.31. The van der Waals surface area contributed by atoms with Gasteiger partial charge in [-0.1, -0.05) is 71.4 Å². The van der Waals surface area contributed by atoms with Crippen LogP contribution in [0, 0.1) is 0 Å². The predicted octanol–water partition coefficient (Wildman–Crippen LogP) is 5.83. The van der Waals surface area contributed by atoms with E-state index in [2.05, 4.69) is 26.0 Å². The zero-order valence-corrected chi connectivity index (χ0v) is 22.4. The molecular weight excluding hydrogens is 531 g/mol. The molecule has 1 atom stereocenters. The summed E-state index contributed by atoms with van der Waals surface area (Å²) in [4.78, 5) is 12.7. The Labute approximate surface area is 229 Å². The maximum Gasteiger partial charge on any atom is 0.253 e. The molecule has 3 aromatic carbocycles. The van der Waals surface area contributed by atoms with Crippen molar-refractivity contribution in [3.8, 4) is 11.4 Å². The summed E-state index contributed by atoms with van der Waals surface area (Å²) in [7, 11) is 1.63. The van der Waals surface area contributed by atoms with Gasteiger partial charge in [-0.3, -0.25) is 9.36 Å². The van der Waals surface area contributed by atoms with Gasteiger partial charge in [0.1, 0.15) is 5.75 Å². The standard InChI is InChI=1S/C26H24Cl2N6O2S/c1-17(25(35)32-30-15-18-12-13-19(27)14-21(18)28)37-26-33-31-24(34(26)20-8-4-3-5-9-20)16-29-22-10-6-7-11-23(22)36-2/h3-15,17,29H,16H2,1-2H3,(H,32,35)/b30-15+. The van der Waals surface area contributed by atoms with E-state index in [1.807, 2.05) is 59.2 Å². The Morgan fingerprint density at radius 3 is 2.62 bits per heavy atom. The summed E-state index contributed by atoms with van der Waals surface area (Å²) in [5.74, 6) is 1.12. The molecule has 4 rings (SSSR count). The number of halogens is 2. The zero-order valence-electron chi connectivity index (χ0n) is 20.1. The predicted molar refractivity (Wildman–Crippen MR) is 149 cm³/mol. The smallest absolute Gasteiger partial charge is 0.253 e. The molecule has 0 fully saturated rings. The molecule has 0 aliphatic heterocycles.